The van der Waals surface area contributed by atoms with Crippen LogP contribution in [-0.4, -0.2) is 45.5 Å². The van der Waals surface area contributed by atoms with E-state index in [1.54, 1.807) is 12.1 Å². The SMILES string of the molecule is CCCOc1ccc(CN=C(NCC)NCCCCOCC)c(OC(F)F)c1. The van der Waals surface area contributed by atoms with E-state index in [1.165, 1.54) is 6.07 Å². The molecular formula is C20H33F2N3O3. The monoisotopic (exact) mass is 401 g/mol. The molecule has 28 heavy (non-hydrogen) atoms. The molecule has 0 aliphatic rings. The van der Waals surface area contributed by atoms with Crippen LogP contribution in [0, 0.1) is 0 Å². The van der Waals surface area contributed by atoms with Gasteiger partial charge in [0.2, 0.25) is 0 Å². The fourth-order valence-corrected chi connectivity index (χ4v) is 2.37. The number of alkyl halides is 2. The van der Waals surface area contributed by atoms with Crippen molar-refractivity contribution in [2.45, 2.75) is 53.2 Å². The van der Waals surface area contributed by atoms with Crippen LogP contribution in [0.2, 0.25) is 0 Å². The normalized spacial score (nSPS) is 11.6. The van der Waals surface area contributed by atoms with E-state index in [0.717, 1.165) is 39.0 Å². The maximum absolute atomic E-state index is 12.8. The Bertz CT molecular complexity index is 572. The lowest BCUT2D eigenvalue weighted by molar-refractivity contribution is -0.0505. The molecule has 0 unspecified atom stereocenters. The lowest BCUT2D eigenvalue weighted by Gasteiger charge is -2.14. The first kappa shape index (κ1) is 23.9. The van der Waals surface area contributed by atoms with Gasteiger partial charge >= 0.3 is 6.61 Å². The first-order chi connectivity index (χ1) is 13.6. The Labute approximate surface area is 166 Å². The largest absolute Gasteiger partial charge is 0.493 e. The van der Waals surface area contributed by atoms with Gasteiger partial charge in [0.05, 0.1) is 13.2 Å². The third kappa shape index (κ3) is 10.3. The van der Waals surface area contributed by atoms with E-state index < -0.39 is 6.61 Å². The number of halogens is 2. The highest BCUT2D eigenvalue weighted by molar-refractivity contribution is 5.79. The molecule has 160 valence electrons. The minimum atomic E-state index is -2.90. The maximum Gasteiger partial charge on any atom is 0.387 e. The van der Waals surface area contributed by atoms with Crippen LogP contribution in [0.15, 0.2) is 23.2 Å². The molecule has 0 saturated heterocycles. The van der Waals surface area contributed by atoms with Crippen LogP contribution in [0.3, 0.4) is 0 Å². The van der Waals surface area contributed by atoms with Gasteiger partial charge in [0.25, 0.3) is 0 Å². The van der Waals surface area contributed by atoms with Gasteiger partial charge in [-0.15, -0.1) is 0 Å². The number of nitrogens with zero attached hydrogens (tertiary/aromatic N) is 1. The van der Waals surface area contributed by atoms with E-state index in [-0.39, 0.29) is 12.3 Å². The van der Waals surface area contributed by atoms with Crippen molar-refractivity contribution in [3.05, 3.63) is 23.8 Å². The molecule has 0 heterocycles. The smallest absolute Gasteiger partial charge is 0.387 e. The lowest BCUT2D eigenvalue weighted by atomic mass is 10.2. The zero-order valence-electron chi connectivity index (χ0n) is 17.1. The summed E-state index contributed by atoms with van der Waals surface area (Å²) in [6.45, 7) is 6.67. The summed E-state index contributed by atoms with van der Waals surface area (Å²) in [7, 11) is 0. The minimum absolute atomic E-state index is 0.0833. The van der Waals surface area contributed by atoms with Gasteiger partial charge in [-0.1, -0.05) is 6.92 Å². The molecule has 8 heteroatoms. The Balaban J connectivity index is 2.71. The van der Waals surface area contributed by atoms with Crippen molar-refractivity contribution in [1.82, 2.24) is 10.6 Å². The molecule has 0 bridgehead atoms. The van der Waals surface area contributed by atoms with Gasteiger partial charge < -0.3 is 24.8 Å². The molecule has 0 fully saturated rings. The van der Waals surface area contributed by atoms with Crippen LogP contribution in [-0.2, 0) is 11.3 Å². The molecule has 1 aromatic carbocycles. The third-order valence-corrected chi connectivity index (χ3v) is 3.69. The Morgan fingerprint density at radius 3 is 2.61 bits per heavy atom. The average Bonchev–Trinajstić information content (AvgIpc) is 2.67. The van der Waals surface area contributed by atoms with Crippen LogP contribution in [0.4, 0.5) is 8.78 Å². The van der Waals surface area contributed by atoms with E-state index in [2.05, 4.69) is 20.4 Å². The molecule has 0 atom stereocenters. The summed E-state index contributed by atoms with van der Waals surface area (Å²) in [5.74, 6) is 1.22. The second-order valence-corrected chi connectivity index (χ2v) is 6.02. The van der Waals surface area contributed by atoms with Crippen molar-refractivity contribution in [2.75, 3.05) is 32.9 Å². The molecule has 0 aliphatic carbocycles. The fourth-order valence-electron chi connectivity index (χ4n) is 2.37. The zero-order chi connectivity index (χ0) is 20.6. The molecule has 1 aromatic rings. The number of hydrogen-bond donors (Lipinski definition) is 2. The highest BCUT2D eigenvalue weighted by atomic mass is 19.3. The highest BCUT2D eigenvalue weighted by Gasteiger charge is 2.11. The predicted molar refractivity (Wildman–Crippen MR) is 107 cm³/mol. The van der Waals surface area contributed by atoms with Gasteiger partial charge in [0, 0.05) is 37.9 Å². The van der Waals surface area contributed by atoms with E-state index >= 15 is 0 Å². The van der Waals surface area contributed by atoms with Gasteiger partial charge in [-0.25, -0.2) is 4.99 Å². The molecule has 0 amide bonds. The molecule has 6 nitrogen and oxygen atoms in total. The molecule has 0 saturated carbocycles. The number of nitrogens with one attached hydrogen (secondary N) is 2. The zero-order valence-corrected chi connectivity index (χ0v) is 17.1. The van der Waals surface area contributed by atoms with Crippen molar-refractivity contribution in [3.8, 4) is 11.5 Å². The van der Waals surface area contributed by atoms with Crippen molar-refractivity contribution < 1.29 is 23.0 Å². The van der Waals surface area contributed by atoms with Gasteiger partial charge in [-0.2, -0.15) is 8.78 Å². The Morgan fingerprint density at radius 2 is 1.93 bits per heavy atom. The van der Waals surface area contributed by atoms with Gasteiger partial charge in [-0.3, -0.25) is 0 Å². The summed E-state index contributed by atoms with van der Waals surface area (Å²) in [4.78, 5) is 4.47. The fraction of sp³-hybridized carbons (Fsp3) is 0.650. The number of rotatable bonds is 14. The minimum Gasteiger partial charge on any atom is -0.493 e. The number of aliphatic imine (C=N–C) groups is 1. The van der Waals surface area contributed by atoms with Gasteiger partial charge in [0.1, 0.15) is 11.5 Å². The quantitative estimate of drug-likeness (QED) is 0.281. The third-order valence-electron chi connectivity index (χ3n) is 3.69. The summed E-state index contributed by atoms with van der Waals surface area (Å²) in [6.07, 6.45) is 2.75. The molecule has 0 radical (unpaired) electrons. The van der Waals surface area contributed by atoms with Crippen LogP contribution in [0.1, 0.15) is 45.6 Å². The summed E-state index contributed by atoms with van der Waals surface area (Å²) in [6, 6.07) is 4.94. The molecule has 2 N–H and O–H groups in total. The summed E-state index contributed by atoms with van der Waals surface area (Å²) >= 11 is 0. The molecule has 1 rings (SSSR count). The van der Waals surface area contributed by atoms with Crippen molar-refractivity contribution in [1.29, 1.82) is 0 Å². The number of guanidine groups is 1. The first-order valence-corrected chi connectivity index (χ1v) is 9.91. The van der Waals surface area contributed by atoms with Crippen molar-refractivity contribution >= 4 is 5.96 Å². The summed E-state index contributed by atoms with van der Waals surface area (Å²) in [5.41, 5.74) is 0.567. The maximum atomic E-state index is 12.8. The number of ether oxygens (including phenoxy) is 3. The van der Waals surface area contributed by atoms with E-state index in [4.69, 9.17) is 9.47 Å². The Hall–Kier alpha value is -2.09. The van der Waals surface area contributed by atoms with Crippen LogP contribution in [0.25, 0.3) is 0 Å². The topological polar surface area (TPSA) is 64.1 Å². The Morgan fingerprint density at radius 1 is 1.11 bits per heavy atom. The number of hydrogen-bond acceptors (Lipinski definition) is 4. The second-order valence-electron chi connectivity index (χ2n) is 6.02. The molecule has 0 spiro atoms. The van der Waals surface area contributed by atoms with Crippen LogP contribution < -0.4 is 20.1 Å². The molecule has 0 aromatic heterocycles. The lowest BCUT2D eigenvalue weighted by Crippen LogP contribution is -2.37. The van der Waals surface area contributed by atoms with E-state index in [9.17, 15) is 8.78 Å². The summed E-state index contributed by atoms with van der Waals surface area (Å²) in [5, 5.41) is 6.39. The highest BCUT2D eigenvalue weighted by Crippen LogP contribution is 2.27. The summed E-state index contributed by atoms with van der Waals surface area (Å²) < 4.78 is 41.0. The average molecular weight is 401 g/mol. The van der Waals surface area contributed by atoms with Crippen LogP contribution in [0.5, 0.6) is 11.5 Å². The molecular weight excluding hydrogens is 368 g/mol. The predicted octanol–water partition coefficient (Wildman–Crippen LogP) is 3.95. The van der Waals surface area contributed by atoms with E-state index in [0.29, 0.717) is 30.4 Å². The molecule has 0 aliphatic heterocycles. The second kappa shape index (κ2) is 14.9. The van der Waals surface area contributed by atoms with Crippen molar-refractivity contribution in [2.24, 2.45) is 4.99 Å². The van der Waals surface area contributed by atoms with Gasteiger partial charge in [0.15, 0.2) is 5.96 Å². The van der Waals surface area contributed by atoms with E-state index in [1.807, 2.05) is 20.8 Å². The first-order valence-electron chi connectivity index (χ1n) is 9.91. The Kier molecular flexibility index (Phi) is 12.7. The van der Waals surface area contributed by atoms with Crippen LogP contribution >= 0.6 is 0 Å². The van der Waals surface area contributed by atoms with Gasteiger partial charge in [-0.05, 0) is 45.2 Å². The number of benzene rings is 1. The number of unbranched alkanes of at least 4 members (excludes halogenated alkanes) is 1. The standard InChI is InChI=1S/C20H33F2N3O3/c1-4-12-27-17-10-9-16(18(14-17)28-19(21)22)15-25-20(23-5-2)24-11-7-8-13-26-6-3/h9-10,14,19H,4-8,11-13,15H2,1-3H3,(H2,23,24,25). The van der Waals surface area contributed by atoms with Crippen molar-refractivity contribution in [3.63, 3.8) is 0 Å².